The topological polar surface area (TPSA) is 102 Å². The Balaban J connectivity index is 1.67. The lowest BCUT2D eigenvalue weighted by molar-refractivity contribution is -0.384. The number of hydrogen-bond donors (Lipinski definition) is 1. The monoisotopic (exact) mass is 425 g/mol. The van der Waals surface area contributed by atoms with Gasteiger partial charge < -0.3 is 15.0 Å². The summed E-state index contributed by atoms with van der Waals surface area (Å²) in [6.07, 6.45) is 2.07. The number of hydrogen-bond acceptors (Lipinski definition) is 6. The molecule has 0 unspecified atom stereocenters. The standard InChI is InChI=1S/C23H27N3O5/c1-15-6-5-11-25(13-15)20-10-9-18(12-21(20)26(29)30)23(28)31-14-22(27)24-19-8-4-7-16(2)17(19)3/h4,7-10,12,15H,5-6,11,13-14H2,1-3H3,(H,24,27)/t15-/m0/s1. The van der Waals surface area contributed by atoms with Gasteiger partial charge in [-0.2, -0.15) is 0 Å². The van der Waals surface area contributed by atoms with Gasteiger partial charge >= 0.3 is 5.97 Å². The number of nitrogens with zero attached hydrogens (tertiary/aromatic N) is 2. The van der Waals surface area contributed by atoms with Gasteiger partial charge in [0.25, 0.3) is 11.6 Å². The Morgan fingerprint density at radius 3 is 2.74 bits per heavy atom. The van der Waals surface area contributed by atoms with Gasteiger partial charge in [-0.05, 0) is 61.9 Å². The quantitative estimate of drug-likeness (QED) is 0.422. The number of aryl methyl sites for hydroxylation is 1. The fraction of sp³-hybridized carbons (Fsp3) is 0.391. The van der Waals surface area contributed by atoms with E-state index in [-0.39, 0.29) is 11.3 Å². The Hall–Kier alpha value is -3.42. The first kappa shape index (κ1) is 22.3. The fourth-order valence-electron chi connectivity index (χ4n) is 3.76. The number of piperidine rings is 1. The van der Waals surface area contributed by atoms with Gasteiger partial charge in [0.05, 0.1) is 10.5 Å². The van der Waals surface area contributed by atoms with Crippen LogP contribution < -0.4 is 10.2 Å². The molecule has 0 radical (unpaired) electrons. The second-order valence-electron chi connectivity index (χ2n) is 8.03. The molecular formula is C23H27N3O5. The van der Waals surface area contributed by atoms with Gasteiger partial charge in [-0.1, -0.05) is 19.1 Å². The molecule has 1 aliphatic rings. The van der Waals surface area contributed by atoms with E-state index < -0.39 is 23.4 Å². The molecule has 1 amide bonds. The van der Waals surface area contributed by atoms with Crippen molar-refractivity contribution in [3.05, 3.63) is 63.2 Å². The van der Waals surface area contributed by atoms with Gasteiger partial charge in [0, 0.05) is 24.8 Å². The molecule has 164 valence electrons. The van der Waals surface area contributed by atoms with Crippen molar-refractivity contribution in [2.45, 2.75) is 33.6 Å². The molecule has 3 rings (SSSR count). The zero-order chi connectivity index (χ0) is 22.5. The molecule has 1 saturated heterocycles. The molecule has 8 nitrogen and oxygen atoms in total. The van der Waals surface area contributed by atoms with Crippen LogP contribution in [0.3, 0.4) is 0 Å². The lowest BCUT2D eigenvalue weighted by atomic mass is 9.99. The summed E-state index contributed by atoms with van der Waals surface area (Å²) in [6, 6.07) is 9.85. The molecule has 1 heterocycles. The highest BCUT2D eigenvalue weighted by Gasteiger charge is 2.25. The molecule has 1 fully saturated rings. The molecule has 0 saturated carbocycles. The summed E-state index contributed by atoms with van der Waals surface area (Å²) in [5, 5.41) is 14.3. The predicted octanol–water partition coefficient (Wildman–Crippen LogP) is 4.24. The SMILES string of the molecule is Cc1cccc(NC(=O)COC(=O)c2ccc(N3CCC[C@H](C)C3)c([N+](=O)[O-])c2)c1C. The minimum Gasteiger partial charge on any atom is -0.452 e. The lowest BCUT2D eigenvalue weighted by Gasteiger charge is -2.32. The smallest absolute Gasteiger partial charge is 0.338 e. The number of carbonyl (C=O) groups is 2. The number of ether oxygens (including phenoxy) is 1. The van der Waals surface area contributed by atoms with E-state index in [1.165, 1.54) is 12.1 Å². The summed E-state index contributed by atoms with van der Waals surface area (Å²) < 4.78 is 5.08. The Kier molecular flexibility index (Phi) is 6.89. The van der Waals surface area contributed by atoms with Gasteiger partial charge in [-0.15, -0.1) is 0 Å². The van der Waals surface area contributed by atoms with Crippen LogP contribution in [0, 0.1) is 29.9 Å². The Labute approximate surface area is 181 Å². The fourth-order valence-corrected chi connectivity index (χ4v) is 3.76. The molecule has 1 N–H and O–H groups in total. The molecule has 1 aliphatic heterocycles. The Morgan fingerprint density at radius 2 is 2.03 bits per heavy atom. The van der Waals surface area contributed by atoms with E-state index in [1.807, 2.05) is 30.9 Å². The maximum absolute atomic E-state index is 12.4. The molecule has 2 aromatic carbocycles. The van der Waals surface area contributed by atoms with Crippen LogP contribution in [0.1, 0.15) is 41.3 Å². The van der Waals surface area contributed by atoms with Gasteiger partial charge in [0.1, 0.15) is 5.69 Å². The predicted molar refractivity (Wildman–Crippen MR) is 119 cm³/mol. The highest BCUT2D eigenvalue weighted by molar-refractivity contribution is 5.96. The van der Waals surface area contributed by atoms with Crippen molar-refractivity contribution in [3.8, 4) is 0 Å². The molecular weight excluding hydrogens is 398 g/mol. The average Bonchev–Trinajstić information content (AvgIpc) is 2.74. The number of nitro benzene ring substituents is 1. The summed E-state index contributed by atoms with van der Waals surface area (Å²) >= 11 is 0. The zero-order valence-corrected chi connectivity index (χ0v) is 18.0. The van der Waals surface area contributed by atoms with Crippen LogP contribution >= 0.6 is 0 Å². The molecule has 1 atom stereocenters. The number of nitro groups is 1. The molecule has 0 aromatic heterocycles. The second kappa shape index (κ2) is 9.59. The molecule has 8 heteroatoms. The highest BCUT2D eigenvalue weighted by Crippen LogP contribution is 2.32. The van der Waals surface area contributed by atoms with E-state index in [0.29, 0.717) is 17.3 Å². The van der Waals surface area contributed by atoms with Crippen molar-refractivity contribution >= 4 is 28.9 Å². The van der Waals surface area contributed by atoms with E-state index in [9.17, 15) is 19.7 Å². The number of nitrogens with one attached hydrogen (secondary N) is 1. The number of benzene rings is 2. The van der Waals surface area contributed by atoms with Crippen LogP contribution in [0.5, 0.6) is 0 Å². The summed E-state index contributed by atoms with van der Waals surface area (Å²) in [6.45, 7) is 6.95. The van der Waals surface area contributed by atoms with Crippen LogP contribution in [0.4, 0.5) is 17.1 Å². The van der Waals surface area contributed by atoms with Crippen LogP contribution in [0.15, 0.2) is 36.4 Å². The van der Waals surface area contributed by atoms with E-state index in [2.05, 4.69) is 12.2 Å². The van der Waals surface area contributed by atoms with Crippen LogP contribution in [-0.4, -0.2) is 36.5 Å². The Bertz CT molecular complexity index is 1000. The summed E-state index contributed by atoms with van der Waals surface area (Å²) in [4.78, 5) is 37.7. The minimum absolute atomic E-state index is 0.0417. The maximum atomic E-state index is 12.4. The average molecular weight is 425 g/mol. The molecule has 2 aromatic rings. The summed E-state index contributed by atoms with van der Waals surface area (Å²) in [5.41, 5.74) is 3.02. The van der Waals surface area contributed by atoms with Gasteiger partial charge in [-0.3, -0.25) is 14.9 Å². The third kappa shape index (κ3) is 5.39. The van der Waals surface area contributed by atoms with Crippen molar-refractivity contribution in [1.29, 1.82) is 0 Å². The Morgan fingerprint density at radius 1 is 1.26 bits per heavy atom. The number of amides is 1. The normalized spacial score (nSPS) is 16.0. The van der Waals surface area contributed by atoms with Gasteiger partial charge in [0.15, 0.2) is 6.61 Å². The van der Waals surface area contributed by atoms with E-state index in [4.69, 9.17) is 4.74 Å². The lowest BCUT2D eigenvalue weighted by Crippen LogP contribution is -2.34. The number of rotatable bonds is 6. The second-order valence-corrected chi connectivity index (χ2v) is 8.03. The third-order valence-corrected chi connectivity index (χ3v) is 5.62. The summed E-state index contributed by atoms with van der Waals surface area (Å²) in [5.74, 6) is -0.804. The zero-order valence-electron chi connectivity index (χ0n) is 18.0. The number of carbonyl (C=O) groups excluding carboxylic acids is 2. The van der Waals surface area contributed by atoms with Crippen LogP contribution in [0.2, 0.25) is 0 Å². The van der Waals surface area contributed by atoms with E-state index in [0.717, 1.165) is 37.1 Å². The molecule has 31 heavy (non-hydrogen) atoms. The first-order chi connectivity index (χ1) is 14.8. The molecule has 0 spiro atoms. The number of anilines is 2. The van der Waals surface area contributed by atoms with Crippen molar-refractivity contribution in [2.75, 3.05) is 29.9 Å². The van der Waals surface area contributed by atoms with Gasteiger partial charge in [-0.25, -0.2) is 4.79 Å². The third-order valence-electron chi connectivity index (χ3n) is 5.62. The van der Waals surface area contributed by atoms with Crippen molar-refractivity contribution in [1.82, 2.24) is 0 Å². The molecule has 0 aliphatic carbocycles. The maximum Gasteiger partial charge on any atom is 0.338 e. The number of esters is 1. The van der Waals surface area contributed by atoms with E-state index >= 15 is 0 Å². The van der Waals surface area contributed by atoms with Crippen LogP contribution in [-0.2, 0) is 9.53 Å². The highest BCUT2D eigenvalue weighted by atomic mass is 16.6. The van der Waals surface area contributed by atoms with Crippen LogP contribution in [0.25, 0.3) is 0 Å². The first-order valence-electron chi connectivity index (χ1n) is 10.3. The van der Waals surface area contributed by atoms with Crippen molar-refractivity contribution < 1.29 is 19.2 Å². The minimum atomic E-state index is -0.780. The van der Waals surface area contributed by atoms with Crippen molar-refractivity contribution in [3.63, 3.8) is 0 Å². The largest absolute Gasteiger partial charge is 0.452 e. The summed E-state index contributed by atoms with van der Waals surface area (Å²) in [7, 11) is 0. The molecule has 0 bridgehead atoms. The van der Waals surface area contributed by atoms with E-state index in [1.54, 1.807) is 12.1 Å². The van der Waals surface area contributed by atoms with Crippen molar-refractivity contribution in [2.24, 2.45) is 5.92 Å². The first-order valence-corrected chi connectivity index (χ1v) is 10.3. The van der Waals surface area contributed by atoms with Gasteiger partial charge in [0.2, 0.25) is 0 Å².